The summed E-state index contributed by atoms with van der Waals surface area (Å²) in [6.45, 7) is 3.04. The third-order valence-electron chi connectivity index (χ3n) is 11.1. The topological polar surface area (TPSA) is 125 Å². The third kappa shape index (κ3) is 4.76. The Morgan fingerprint density at radius 1 is 1.02 bits per heavy atom. The van der Waals surface area contributed by atoms with E-state index in [0.29, 0.717) is 42.2 Å². The van der Waals surface area contributed by atoms with Gasteiger partial charge in [0.25, 0.3) is 5.91 Å². The first-order valence-electron chi connectivity index (χ1n) is 16.6. The summed E-state index contributed by atoms with van der Waals surface area (Å²) in [4.78, 5) is 34.7. The molecule has 2 aromatic carbocycles. The van der Waals surface area contributed by atoms with Crippen molar-refractivity contribution >= 4 is 33.9 Å². The van der Waals surface area contributed by atoms with Crippen LogP contribution in [0.5, 0.6) is 5.75 Å². The lowest BCUT2D eigenvalue weighted by Crippen LogP contribution is -2.58. The van der Waals surface area contributed by atoms with Crippen molar-refractivity contribution in [2.45, 2.75) is 69.5 Å². The number of para-hydroxylation sites is 1. The van der Waals surface area contributed by atoms with Crippen molar-refractivity contribution in [2.24, 2.45) is 30.4 Å². The number of likely N-dealkylation sites (tertiary alicyclic amines) is 1. The summed E-state index contributed by atoms with van der Waals surface area (Å²) in [6.07, 6.45) is 7.28. The van der Waals surface area contributed by atoms with Crippen molar-refractivity contribution in [3.05, 3.63) is 47.5 Å². The van der Waals surface area contributed by atoms with Crippen molar-refractivity contribution in [1.82, 2.24) is 23.9 Å². The molecule has 4 N–H and O–H groups in total. The molecule has 5 heterocycles. The van der Waals surface area contributed by atoms with Crippen LogP contribution in [0.15, 0.2) is 36.4 Å². The zero-order valence-electron chi connectivity index (χ0n) is 26.2. The number of imidazole rings is 1. The molecule has 45 heavy (non-hydrogen) atoms. The highest BCUT2D eigenvalue weighted by Crippen LogP contribution is 2.42. The summed E-state index contributed by atoms with van der Waals surface area (Å²) in [5.74, 6) is 2.95. The minimum Gasteiger partial charge on any atom is -0.494 e. The lowest BCUT2D eigenvalue weighted by Gasteiger charge is -2.48. The van der Waals surface area contributed by atoms with Gasteiger partial charge in [-0.05, 0) is 86.5 Å². The number of piperidine rings is 3. The Labute approximate surface area is 263 Å². The Hall–Kier alpha value is -4.05. The zero-order chi connectivity index (χ0) is 31.0. The summed E-state index contributed by atoms with van der Waals surface area (Å²) in [7, 11) is 3.71. The minimum absolute atomic E-state index is 0.0406. The molecule has 3 atom stereocenters. The predicted octanol–water partition coefficient (Wildman–Crippen LogP) is 4.82. The molecule has 4 aromatic rings. The van der Waals surface area contributed by atoms with Crippen LogP contribution in [0.2, 0.25) is 0 Å². The fraction of sp³-hybridized carbons (Fsp3) is 0.514. The highest BCUT2D eigenvalue weighted by atomic mass is 16.5. The molecule has 3 amide bonds. The maximum absolute atomic E-state index is 13.9. The van der Waals surface area contributed by atoms with Crippen molar-refractivity contribution in [1.29, 1.82) is 0 Å². The van der Waals surface area contributed by atoms with Gasteiger partial charge in [-0.3, -0.25) is 4.79 Å². The number of urea groups is 1. The fourth-order valence-electron chi connectivity index (χ4n) is 8.42. The highest BCUT2D eigenvalue weighted by molar-refractivity contribution is 6.00. The summed E-state index contributed by atoms with van der Waals surface area (Å²) in [5.41, 5.74) is 17.9. The Balaban J connectivity index is 1.21. The third-order valence-corrected chi connectivity index (χ3v) is 11.1. The number of aromatic nitrogens is 3. The van der Waals surface area contributed by atoms with Gasteiger partial charge in [-0.2, -0.15) is 0 Å². The van der Waals surface area contributed by atoms with Gasteiger partial charge < -0.3 is 35.1 Å². The number of primary amides is 1. The van der Waals surface area contributed by atoms with E-state index in [4.69, 9.17) is 21.2 Å². The monoisotopic (exact) mass is 609 g/mol. The van der Waals surface area contributed by atoms with E-state index < -0.39 is 0 Å². The van der Waals surface area contributed by atoms with E-state index >= 15 is 0 Å². The van der Waals surface area contributed by atoms with Gasteiger partial charge in [-0.15, -0.1) is 0 Å². The van der Waals surface area contributed by atoms with Crippen molar-refractivity contribution in [2.75, 3.05) is 26.7 Å². The number of hydrogen-bond acceptors (Lipinski definition) is 5. The van der Waals surface area contributed by atoms with Crippen LogP contribution in [0.4, 0.5) is 4.79 Å². The molecule has 9 rings (SSSR count). The van der Waals surface area contributed by atoms with Crippen LogP contribution in [0.25, 0.3) is 33.5 Å². The molecule has 2 saturated carbocycles. The number of methoxy groups -OCH3 is 1. The molecule has 0 radical (unpaired) electrons. The van der Waals surface area contributed by atoms with Gasteiger partial charge in [-0.1, -0.05) is 18.2 Å². The van der Waals surface area contributed by atoms with E-state index in [1.54, 1.807) is 12.0 Å². The molecule has 10 heteroatoms. The normalized spacial score (nSPS) is 23.8. The van der Waals surface area contributed by atoms with E-state index in [2.05, 4.69) is 33.4 Å². The zero-order valence-corrected chi connectivity index (χ0v) is 26.2. The van der Waals surface area contributed by atoms with E-state index in [9.17, 15) is 9.59 Å². The second-order valence-electron chi connectivity index (χ2n) is 13.9. The molecule has 5 aliphatic rings. The lowest BCUT2D eigenvalue weighted by atomic mass is 9.76. The molecular formula is C35H43N7O3. The molecule has 3 saturated heterocycles. The molecule has 236 valence electrons. The maximum Gasteiger partial charge on any atom is 0.314 e. The van der Waals surface area contributed by atoms with Crippen LogP contribution in [0.1, 0.15) is 66.8 Å². The van der Waals surface area contributed by atoms with E-state index in [0.717, 1.165) is 67.7 Å². The number of rotatable bonds is 6. The molecular weight excluding hydrogens is 566 g/mol. The van der Waals surface area contributed by atoms with Gasteiger partial charge in [0.05, 0.1) is 23.8 Å². The van der Waals surface area contributed by atoms with Crippen LogP contribution < -0.4 is 16.2 Å². The summed E-state index contributed by atoms with van der Waals surface area (Å²) in [5, 5.41) is 1.20. The minimum atomic E-state index is -0.333. The SMILES string of the molecule is COc1cc(C(=O)N2C[C@H]3CC[C@@H]2C[C@@H]3N)cc2nc(-c3cc4cccc(C5CCN(C(N)=O)CC5)c4n3CC3CC3)n(C)c12. The summed E-state index contributed by atoms with van der Waals surface area (Å²) in [6, 6.07) is 12.8. The number of carbonyl (C=O) groups is 2. The van der Waals surface area contributed by atoms with Crippen LogP contribution in [0, 0.1) is 11.8 Å². The maximum atomic E-state index is 13.9. The average Bonchev–Trinajstić information content (AvgIpc) is 3.72. The number of fused-ring (bicyclic) bond motifs is 5. The molecule has 10 nitrogen and oxygen atoms in total. The van der Waals surface area contributed by atoms with Crippen LogP contribution in [-0.2, 0) is 13.6 Å². The Bertz CT molecular complexity index is 1810. The first-order valence-corrected chi connectivity index (χ1v) is 16.6. The van der Waals surface area contributed by atoms with E-state index in [1.165, 1.54) is 29.3 Å². The molecule has 2 aliphatic carbocycles. The second-order valence-corrected chi connectivity index (χ2v) is 13.9. The number of ether oxygens (including phenoxy) is 1. The number of aryl methyl sites for hydroxylation is 1. The summed E-state index contributed by atoms with van der Waals surface area (Å²) < 4.78 is 10.5. The largest absolute Gasteiger partial charge is 0.494 e. The van der Waals surface area contributed by atoms with E-state index in [-0.39, 0.29) is 24.0 Å². The van der Waals surface area contributed by atoms with Gasteiger partial charge in [0.2, 0.25) is 0 Å². The van der Waals surface area contributed by atoms with Gasteiger partial charge in [0.15, 0.2) is 5.82 Å². The first-order chi connectivity index (χ1) is 21.8. The van der Waals surface area contributed by atoms with Gasteiger partial charge in [-0.25, -0.2) is 9.78 Å². The summed E-state index contributed by atoms with van der Waals surface area (Å²) >= 11 is 0. The van der Waals surface area contributed by atoms with Gasteiger partial charge in [0, 0.05) is 56.3 Å². The van der Waals surface area contributed by atoms with Crippen LogP contribution >= 0.6 is 0 Å². The number of nitrogens with zero attached hydrogens (tertiary/aromatic N) is 5. The van der Waals surface area contributed by atoms with Crippen LogP contribution in [-0.4, -0.2) is 74.7 Å². The van der Waals surface area contributed by atoms with Gasteiger partial charge in [0.1, 0.15) is 11.3 Å². The number of nitrogens with two attached hydrogens (primary N) is 2. The molecule has 3 aliphatic heterocycles. The fourth-order valence-corrected chi connectivity index (χ4v) is 8.42. The van der Waals surface area contributed by atoms with Crippen molar-refractivity contribution < 1.29 is 14.3 Å². The highest BCUT2D eigenvalue weighted by Gasteiger charge is 2.41. The molecule has 2 bridgehead atoms. The average molecular weight is 610 g/mol. The lowest BCUT2D eigenvalue weighted by molar-refractivity contribution is 0.0261. The smallest absolute Gasteiger partial charge is 0.314 e. The van der Waals surface area contributed by atoms with Crippen molar-refractivity contribution in [3.63, 3.8) is 0 Å². The predicted molar refractivity (Wildman–Crippen MR) is 174 cm³/mol. The molecule has 0 unspecified atom stereocenters. The number of amides is 3. The Morgan fingerprint density at radius 3 is 2.49 bits per heavy atom. The van der Waals surface area contributed by atoms with Crippen LogP contribution in [0.3, 0.4) is 0 Å². The quantitative estimate of drug-likeness (QED) is 0.324. The molecule has 0 spiro atoms. The molecule has 2 aromatic heterocycles. The number of carbonyl (C=O) groups excluding carboxylic acids is 2. The Kier molecular flexibility index (Phi) is 6.82. The Morgan fingerprint density at radius 2 is 1.82 bits per heavy atom. The number of hydrogen-bond donors (Lipinski definition) is 2. The second kappa shape index (κ2) is 10.8. The van der Waals surface area contributed by atoms with E-state index in [1.807, 2.05) is 24.1 Å². The van der Waals surface area contributed by atoms with Gasteiger partial charge >= 0.3 is 6.03 Å². The van der Waals surface area contributed by atoms with Crippen molar-refractivity contribution in [3.8, 4) is 17.3 Å². The number of benzene rings is 2. The first kappa shape index (κ1) is 28.4. The molecule has 5 fully saturated rings. The standard InChI is InChI=1S/C35H43N7O3/c1-39-32-28(14-24(16-30(32)45-2)34(43)41-19-23-8-9-25(41)17-27(23)36)38-33(39)29-15-22-4-3-5-26(31(22)42(29)18-20-6-7-20)21-10-12-40(13-11-21)35(37)44/h3-5,14-16,20-21,23,25,27H,6-13,17-19,36H2,1-2H3,(H2,37,44)/t23-,25-,27+/m1/s1.